The van der Waals surface area contributed by atoms with Gasteiger partial charge >= 0.3 is 0 Å². The number of thiazole rings is 1. The predicted molar refractivity (Wildman–Crippen MR) is 106 cm³/mol. The Bertz CT molecular complexity index is 1020. The topological polar surface area (TPSA) is 26.5 Å². The molecular formula is C21H22N2OS. The van der Waals surface area contributed by atoms with Gasteiger partial charge in [-0.25, -0.2) is 4.98 Å². The van der Waals surface area contributed by atoms with Gasteiger partial charge in [-0.2, -0.15) is 0 Å². The van der Waals surface area contributed by atoms with E-state index in [1.807, 2.05) is 25.1 Å². The highest BCUT2D eigenvalue weighted by Gasteiger charge is 2.13. The Balaban J connectivity index is 1.76. The lowest BCUT2D eigenvalue weighted by atomic mass is 10.1. The number of fused-ring (bicyclic) bond motifs is 3. The average Bonchev–Trinajstić information content (AvgIpc) is 3.18. The first kappa shape index (κ1) is 16.2. The van der Waals surface area contributed by atoms with Crippen molar-refractivity contribution in [1.29, 1.82) is 0 Å². The molecule has 0 radical (unpaired) electrons. The summed E-state index contributed by atoms with van der Waals surface area (Å²) in [7, 11) is 0. The van der Waals surface area contributed by atoms with Gasteiger partial charge < -0.3 is 4.74 Å². The van der Waals surface area contributed by atoms with Crippen LogP contribution in [0.25, 0.3) is 26.4 Å². The maximum absolute atomic E-state index is 5.76. The fourth-order valence-electron chi connectivity index (χ4n) is 3.17. The van der Waals surface area contributed by atoms with Crippen LogP contribution in [0.1, 0.15) is 32.3 Å². The summed E-state index contributed by atoms with van der Waals surface area (Å²) >= 11 is 1.76. The molecule has 128 valence electrons. The van der Waals surface area contributed by atoms with Crippen molar-refractivity contribution in [1.82, 2.24) is 9.38 Å². The molecule has 0 unspecified atom stereocenters. The van der Waals surface area contributed by atoms with Crippen molar-refractivity contribution in [3.8, 4) is 17.0 Å². The summed E-state index contributed by atoms with van der Waals surface area (Å²) in [6.45, 7) is 4.90. The second kappa shape index (κ2) is 6.89. The number of aromatic nitrogens is 2. The van der Waals surface area contributed by atoms with Crippen LogP contribution in [-0.2, 0) is 6.42 Å². The van der Waals surface area contributed by atoms with E-state index >= 15 is 0 Å². The highest BCUT2D eigenvalue weighted by Crippen LogP contribution is 2.33. The summed E-state index contributed by atoms with van der Waals surface area (Å²) in [6.07, 6.45) is 5.75. The highest BCUT2D eigenvalue weighted by molar-refractivity contribution is 7.23. The van der Waals surface area contributed by atoms with Crippen LogP contribution in [0.4, 0.5) is 0 Å². The zero-order valence-electron chi connectivity index (χ0n) is 14.7. The number of para-hydroxylation sites is 1. The molecule has 0 bridgehead atoms. The monoisotopic (exact) mass is 350 g/mol. The van der Waals surface area contributed by atoms with E-state index in [4.69, 9.17) is 9.72 Å². The van der Waals surface area contributed by atoms with Gasteiger partial charge in [-0.05, 0) is 49.6 Å². The van der Waals surface area contributed by atoms with Crippen molar-refractivity contribution < 1.29 is 4.74 Å². The van der Waals surface area contributed by atoms with Gasteiger partial charge in [-0.15, -0.1) is 0 Å². The lowest BCUT2D eigenvalue weighted by molar-refractivity contribution is 0.341. The Morgan fingerprint density at radius 2 is 2.00 bits per heavy atom. The molecular weight excluding hydrogens is 328 g/mol. The summed E-state index contributed by atoms with van der Waals surface area (Å²) in [5.41, 5.74) is 4.66. The van der Waals surface area contributed by atoms with E-state index in [9.17, 15) is 0 Å². The van der Waals surface area contributed by atoms with Crippen molar-refractivity contribution in [2.75, 3.05) is 6.61 Å². The number of rotatable bonds is 6. The highest BCUT2D eigenvalue weighted by atomic mass is 32.1. The summed E-state index contributed by atoms with van der Waals surface area (Å²) in [6, 6.07) is 14.9. The number of imidazole rings is 1. The molecule has 0 aliphatic rings. The summed E-state index contributed by atoms with van der Waals surface area (Å²) in [5.74, 6) is 0.891. The Labute approximate surface area is 151 Å². The second-order valence-corrected chi connectivity index (χ2v) is 7.22. The molecule has 2 aromatic carbocycles. The molecule has 2 heterocycles. The minimum Gasteiger partial charge on any atom is -0.493 e. The van der Waals surface area contributed by atoms with Crippen LogP contribution in [0.2, 0.25) is 0 Å². The SMILES string of the molecule is CCCCc1ccc2c(c1)sc1nc(-c3ccccc3OCC)cn12. The van der Waals surface area contributed by atoms with E-state index in [2.05, 4.69) is 41.8 Å². The normalized spacial score (nSPS) is 11.4. The smallest absolute Gasteiger partial charge is 0.195 e. The van der Waals surface area contributed by atoms with Gasteiger partial charge in [0.05, 0.1) is 22.5 Å². The summed E-state index contributed by atoms with van der Waals surface area (Å²) < 4.78 is 9.26. The minimum absolute atomic E-state index is 0.655. The predicted octanol–water partition coefficient (Wildman–Crippen LogP) is 5.96. The van der Waals surface area contributed by atoms with Gasteiger partial charge in [0.15, 0.2) is 4.96 Å². The van der Waals surface area contributed by atoms with Gasteiger partial charge in [-0.1, -0.05) is 42.9 Å². The third-order valence-corrected chi connectivity index (χ3v) is 5.46. The zero-order valence-corrected chi connectivity index (χ0v) is 15.5. The van der Waals surface area contributed by atoms with E-state index in [0.29, 0.717) is 6.61 Å². The van der Waals surface area contributed by atoms with Crippen LogP contribution in [0.15, 0.2) is 48.7 Å². The van der Waals surface area contributed by atoms with Crippen molar-refractivity contribution >= 4 is 26.5 Å². The first-order chi connectivity index (χ1) is 12.3. The van der Waals surface area contributed by atoms with Crippen molar-refractivity contribution in [2.45, 2.75) is 33.1 Å². The fourth-order valence-corrected chi connectivity index (χ4v) is 4.24. The summed E-state index contributed by atoms with van der Waals surface area (Å²) in [4.78, 5) is 5.89. The zero-order chi connectivity index (χ0) is 17.2. The minimum atomic E-state index is 0.655. The Morgan fingerprint density at radius 1 is 1.12 bits per heavy atom. The number of ether oxygens (including phenoxy) is 1. The Morgan fingerprint density at radius 3 is 2.84 bits per heavy atom. The molecule has 0 aliphatic carbocycles. The maximum Gasteiger partial charge on any atom is 0.195 e. The van der Waals surface area contributed by atoms with Crippen LogP contribution in [0, 0.1) is 0 Å². The molecule has 0 aliphatic heterocycles. The molecule has 0 amide bonds. The Kier molecular flexibility index (Phi) is 4.45. The van der Waals surface area contributed by atoms with E-state index in [-0.39, 0.29) is 0 Å². The van der Waals surface area contributed by atoms with Crippen molar-refractivity contribution in [3.05, 3.63) is 54.2 Å². The molecule has 0 atom stereocenters. The second-order valence-electron chi connectivity index (χ2n) is 6.22. The third kappa shape index (κ3) is 3.02. The Hall–Kier alpha value is -2.33. The number of hydrogen-bond acceptors (Lipinski definition) is 3. The molecule has 0 N–H and O–H groups in total. The van der Waals surface area contributed by atoms with Crippen molar-refractivity contribution in [3.63, 3.8) is 0 Å². The van der Waals surface area contributed by atoms with Crippen molar-refractivity contribution in [2.24, 2.45) is 0 Å². The lowest BCUT2D eigenvalue weighted by Crippen LogP contribution is -1.93. The molecule has 4 aromatic rings. The maximum atomic E-state index is 5.76. The summed E-state index contributed by atoms with van der Waals surface area (Å²) in [5, 5.41) is 0. The number of aryl methyl sites for hydroxylation is 1. The molecule has 0 saturated heterocycles. The molecule has 25 heavy (non-hydrogen) atoms. The van der Waals surface area contributed by atoms with Crippen LogP contribution >= 0.6 is 11.3 Å². The van der Waals surface area contributed by atoms with Crippen LogP contribution < -0.4 is 4.74 Å². The fraction of sp³-hybridized carbons (Fsp3) is 0.286. The van der Waals surface area contributed by atoms with Crippen LogP contribution in [-0.4, -0.2) is 16.0 Å². The molecule has 2 aromatic heterocycles. The molecule has 0 spiro atoms. The van der Waals surface area contributed by atoms with E-state index in [1.165, 1.54) is 28.6 Å². The number of benzene rings is 2. The number of nitrogens with zero attached hydrogens (tertiary/aromatic N) is 2. The molecule has 4 heteroatoms. The van der Waals surface area contributed by atoms with Gasteiger partial charge in [0.2, 0.25) is 0 Å². The molecule has 3 nitrogen and oxygen atoms in total. The van der Waals surface area contributed by atoms with E-state index < -0.39 is 0 Å². The quantitative estimate of drug-likeness (QED) is 0.429. The first-order valence-electron chi connectivity index (χ1n) is 8.93. The van der Waals surface area contributed by atoms with Crippen LogP contribution in [0.3, 0.4) is 0 Å². The van der Waals surface area contributed by atoms with Gasteiger partial charge in [0.25, 0.3) is 0 Å². The average molecular weight is 350 g/mol. The lowest BCUT2D eigenvalue weighted by Gasteiger charge is -2.07. The number of unbranched alkanes of at least 4 members (excludes halogenated alkanes) is 1. The van der Waals surface area contributed by atoms with Gasteiger partial charge in [-0.3, -0.25) is 4.40 Å². The van der Waals surface area contributed by atoms with Gasteiger partial charge in [0, 0.05) is 11.8 Å². The molecule has 0 fully saturated rings. The third-order valence-electron chi connectivity index (χ3n) is 4.44. The largest absolute Gasteiger partial charge is 0.493 e. The van der Waals surface area contributed by atoms with E-state index in [1.54, 1.807) is 11.3 Å². The van der Waals surface area contributed by atoms with Gasteiger partial charge in [0.1, 0.15) is 5.75 Å². The van der Waals surface area contributed by atoms with Crippen LogP contribution in [0.5, 0.6) is 5.75 Å². The molecule has 4 rings (SSSR count). The van der Waals surface area contributed by atoms with E-state index in [0.717, 1.165) is 28.4 Å². The first-order valence-corrected chi connectivity index (χ1v) is 9.74. The molecule has 0 saturated carbocycles. The standard InChI is InChI=1S/C21H22N2OS/c1-3-5-8-15-11-12-18-20(13-15)25-21-22-17(14-23(18)21)16-9-6-7-10-19(16)24-4-2/h6-7,9-14H,3-5,8H2,1-2H3. The number of hydrogen-bond donors (Lipinski definition) is 0.